The van der Waals surface area contributed by atoms with Crippen LogP contribution in [0.3, 0.4) is 0 Å². The van der Waals surface area contributed by atoms with Gasteiger partial charge < -0.3 is 9.84 Å². The van der Waals surface area contributed by atoms with E-state index in [0.717, 1.165) is 15.7 Å². The zero-order chi connectivity index (χ0) is 26.4. The van der Waals surface area contributed by atoms with Crippen molar-refractivity contribution in [1.82, 2.24) is 19.1 Å². The van der Waals surface area contributed by atoms with E-state index in [2.05, 4.69) is 15.0 Å². The Morgan fingerprint density at radius 1 is 1.08 bits per heavy atom. The number of aromatic nitrogens is 4. The summed E-state index contributed by atoms with van der Waals surface area (Å²) in [5.74, 6) is -0.334. The minimum Gasteiger partial charge on any atom is -0.481 e. The summed E-state index contributed by atoms with van der Waals surface area (Å²) in [6, 6.07) is 19.3. The van der Waals surface area contributed by atoms with Crippen molar-refractivity contribution in [2.24, 2.45) is 4.99 Å². The highest BCUT2D eigenvalue weighted by Crippen LogP contribution is 2.22. The molecule has 0 atom stereocenters. The Labute approximate surface area is 210 Å². The van der Waals surface area contributed by atoms with Gasteiger partial charge in [-0.3, -0.25) is 14.3 Å². The fraction of sp³-hybridized carbons (Fsp3) is 0.154. The van der Waals surface area contributed by atoms with Gasteiger partial charge in [0.15, 0.2) is 0 Å². The molecular formula is C26H22N6O5. The topological polar surface area (TPSA) is 155 Å². The molecule has 0 saturated carbocycles. The Bertz CT molecular complexity index is 1640. The van der Waals surface area contributed by atoms with Crippen LogP contribution in [0.25, 0.3) is 0 Å². The van der Waals surface area contributed by atoms with Gasteiger partial charge in [-0.2, -0.15) is 5.26 Å². The maximum absolute atomic E-state index is 13.2. The van der Waals surface area contributed by atoms with Gasteiger partial charge in [-0.05, 0) is 42.8 Å². The number of hydrogen-bond acceptors (Lipinski definition) is 7. The number of nitrogens with zero attached hydrogens (tertiary/aromatic N) is 5. The lowest BCUT2D eigenvalue weighted by molar-refractivity contribution is -0.137. The highest BCUT2D eigenvalue weighted by Gasteiger charge is 2.11. The van der Waals surface area contributed by atoms with Crippen LogP contribution < -0.4 is 21.7 Å². The number of carboxylic acid groups (broad SMARTS) is 1. The molecule has 4 aromatic rings. The maximum atomic E-state index is 13.2. The van der Waals surface area contributed by atoms with E-state index >= 15 is 0 Å². The average Bonchev–Trinajstić information content (AvgIpc) is 2.89. The van der Waals surface area contributed by atoms with Crippen molar-refractivity contribution >= 4 is 11.7 Å². The number of rotatable bonds is 8. The molecule has 0 saturated heterocycles. The van der Waals surface area contributed by atoms with Gasteiger partial charge in [-0.1, -0.05) is 29.8 Å². The normalized spacial score (nSPS) is 11.2. The van der Waals surface area contributed by atoms with E-state index < -0.39 is 17.3 Å². The van der Waals surface area contributed by atoms with Gasteiger partial charge in [0.2, 0.25) is 11.5 Å². The molecule has 0 bridgehead atoms. The third-order valence-corrected chi connectivity index (χ3v) is 5.35. The molecule has 11 heteroatoms. The monoisotopic (exact) mass is 498 g/mol. The molecule has 2 N–H and O–H groups in total. The number of aliphatic carboxylic acids is 1. The lowest BCUT2D eigenvalue weighted by Crippen LogP contribution is -2.50. The fourth-order valence-electron chi connectivity index (χ4n) is 3.40. The Morgan fingerprint density at radius 3 is 2.43 bits per heavy atom. The molecule has 0 unspecified atom stereocenters. The SMILES string of the molecule is Cc1ccc(Cn2c(=O)n(CCC(=O)O)c(=O)[nH]/c2=N\c2ccc(Oc3ccc(C#N)cn3)cc2)cc1. The Hall–Kier alpha value is -5.24. The zero-order valence-corrected chi connectivity index (χ0v) is 19.8. The van der Waals surface area contributed by atoms with E-state index in [1.165, 1.54) is 10.8 Å². The molecule has 11 nitrogen and oxygen atoms in total. The number of ether oxygens (including phenoxy) is 1. The van der Waals surface area contributed by atoms with Crippen molar-refractivity contribution in [1.29, 1.82) is 5.26 Å². The molecule has 4 rings (SSSR count). The van der Waals surface area contributed by atoms with Crippen molar-refractivity contribution < 1.29 is 14.6 Å². The van der Waals surface area contributed by atoms with Crippen LogP contribution in [0, 0.1) is 18.3 Å². The maximum Gasteiger partial charge on any atom is 0.335 e. The highest BCUT2D eigenvalue weighted by atomic mass is 16.5. The standard InChI is InChI=1S/C26H22N6O5/c1-17-2-4-18(5-3-17)16-32-24(30-25(35)31(26(32)36)13-12-23(33)34)29-20-7-9-21(10-8-20)37-22-11-6-19(14-27)15-28-22/h2-11,15H,12-13,16H2,1H3,(H,33,34)(H,29,30,35). The van der Waals surface area contributed by atoms with Crippen LogP contribution in [0.4, 0.5) is 5.69 Å². The second kappa shape index (κ2) is 11.0. The summed E-state index contributed by atoms with van der Waals surface area (Å²) < 4.78 is 7.81. The molecule has 0 radical (unpaired) electrons. The van der Waals surface area contributed by atoms with E-state index in [9.17, 15) is 14.4 Å². The van der Waals surface area contributed by atoms with Crippen molar-refractivity contribution in [2.75, 3.05) is 0 Å². The molecule has 0 amide bonds. The molecule has 0 aliphatic rings. The molecule has 0 spiro atoms. The largest absolute Gasteiger partial charge is 0.481 e. The van der Waals surface area contributed by atoms with Crippen LogP contribution in [0.5, 0.6) is 11.6 Å². The summed E-state index contributed by atoms with van der Waals surface area (Å²) in [5, 5.41) is 17.9. The molecule has 2 aromatic carbocycles. The van der Waals surface area contributed by atoms with E-state index in [0.29, 0.717) is 22.9 Å². The minimum absolute atomic E-state index is 0.0181. The Kier molecular flexibility index (Phi) is 7.40. The van der Waals surface area contributed by atoms with Gasteiger partial charge in [-0.15, -0.1) is 0 Å². The first-order chi connectivity index (χ1) is 17.8. The van der Waals surface area contributed by atoms with Crippen molar-refractivity contribution in [3.8, 4) is 17.7 Å². The number of aromatic amines is 1. The van der Waals surface area contributed by atoms with Gasteiger partial charge in [0, 0.05) is 18.8 Å². The number of benzene rings is 2. The van der Waals surface area contributed by atoms with E-state index in [-0.39, 0.29) is 25.1 Å². The molecule has 2 heterocycles. The highest BCUT2D eigenvalue weighted by molar-refractivity contribution is 5.66. The molecule has 186 valence electrons. The fourth-order valence-corrected chi connectivity index (χ4v) is 3.40. The van der Waals surface area contributed by atoms with Crippen LogP contribution in [0.15, 0.2) is 81.4 Å². The van der Waals surface area contributed by atoms with E-state index in [1.54, 1.807) is 36.4 Å². The minimum atomic E-state index is -1.12. The van der Waals surface area contributed by atoms with Crippen LogP contribution in [-0.2, 0) is 17.9 Å². The number of hydrogen-bond donors (Lipinski definition) is 2. The number of carboxylic acids is 1. The van der Waals surface area contributed by atoms with Gasteiger partial charge in [0.25, 0.3) is 0 Å². The van der Waals surface area contributed by atoms with Gasteiger partial charge >= 0.3 is 17.3 Å². The number of nitrogens with one attached hydrogen (secondary N) is 1. The summed E-state index contributed by atoms with van der Waals surface area (Å²) in [7, 11) is 0. The number of aryl methyl sites for hydroxylation is 1. The third kappa shape index (κ3) is 6.26. The van der Waals surface area contributed by atoms with Crippen LogP contribution in [-0.4, -0.2) is 30.2 Å². The summed E-state index contributed by atoms with van der Waals surface area (Å²) in [4.78, 5) is 47.9. The van der Waals surface area contributed by atoms with E-state index in [4.69, 9.17) is 15.1 Å². The molecular weight excluding hydrogens is 476 g/mol. The summed E-state index contributed by atoms with van der Waals surface area (Å²) in [5.41, 5.74) is 1.31. The van der Waals surface area contributed by atoms with Crippen LogP contribution in [0.1, 0.15) is 23.1 Å². The predicted molar refractivity (Wildman–Crippen MR) is 133 cm³/mol. The van der Waals surface area contributed by atoms with E-state index in [1.807, 2.05) is 37.3 Å². The third-order valence-electron chi connectivity index (χ3n) is 5.35. The molecule has 37 heavy (non-hydrogen) atoms. The number of H-pyrrole nitrogens is 1. The van der Waals surface area contributed by atoms with Crippen LogP contribution >= 0.6 is 0 Å². The van der Waals surface area contributed by atoms with Gasteiger partial charge in [-0.25, -0.2) is 24.1 Å². The van der Waals surface area contributed by atoms with Gasteiger partial charge in [0.1, 0.15) is 11.8 Å². The smallest absolute Gasteiger partial charge is 0.335 e. The number of nitriles is 1. The summed E-state index contributed by atoms with van der Waals surface area (Å²) in [6.45, 7) is 1.79. The summed E-state index contributed by atoms with van der Waals surface area (Å²) >= 11 is 0. The molecule has 0 fully saturated rings. The molecule has 0 aliphatic heterocycles. The molecule has 0 aliphatic carbocycles. The lowest BCUT2D eigenvalue weighted by Gasteiger charge is -2.11. The summed E-state index contributed by atoms with van der Waals surface area (Å²) in [6.07, 6.45) is 1.03. The Morgan fingerprint density at radius 2 is 1.81 bits per heavy atom. The van der Waals surface area contributed by atoms with Gasteiger partial charge in [0.05, 0.1) is 24.2 Å². The first-order valence-corrected chi connectivity index (χ1v) is 11.2. The van der Waals surface area contributed by atoms with Crippen molar-refractivity contribution in [3.05, 3.63) is 110 Å². The predicted octanol–water partition coefficient (Wildman–Crippen LogP) is 2.46. The second-order valence-corrected chi connectivity index (χ2v) is 8.11. The zero-order valence-electron chi connectivity index (χ0n) is 19.8. The number of pyridine rings is 1. The number of carbonyl (C=O) groups is 1. The van der Waals surface area contributed by atoms with Crippen molar-refractivity contribution in [3.63, 3.8) is 0 Å². The quantitative estimate of drug-likeness (QED) is 0.378. The Balaban J connectivity index is 1.70. The second-order valence-electron chi connectivity index (χ2n) is 8.11. The first kappa shape index (κ1) is 24.9. The van der Waals surface area contributed by atoms with Crippen LogP contribution in [0.2, 0.25) is 0 Å². The first-order valence-electron chi connectivity index (χ1n) is 11.2. The van der Waals surface area contributed by atoms with Crippen molar-refractivity contribution in [2.45, 2.75) is 26.4 Å². The average molecular weight is 498 g/mol. The molecule has 2 aromatic heterocycles. The lowest BCUT2D eigenvalue weighted by atomic mass is 10.1.